The first kappa shape index (κ1) is 24.1. The summed E-state index contributed by atoms with van der Waals surface area (Å²) in [6.45, 7) is 5.98. The van der Waals surface area contributed by atoms with Crippen LogP contribution in [0.4, 0.5) is 0 Å². The molecule has 2 atom stereocenters. The Kier molecular flexibility index (Phi) is 8.46. The molecule has 1 aromatic heterocycles. The number of nitrogens with zero attached hydrogens (tertiary/aromatic N) is 1. The van der Waals surface area contributed by atoms with Crippen molar-refractivity contribution in [2.24, 2.45) is 0 Å². The fourth-order valence-corrected chi connectivity index (χ4v) is 4.77. The van der Waals surface area contributed by atoms with Gasteiger partial charge in [-0.2, -0.15) is 0 Å². The Labute approximate surface area is 204 Å². The molecule has 0 radical (unpaired) electrons. The molecule has 2 N–H and O–H groups in total. The van der Waals surface area contributed by atoms with E-state index in [1.54, 1.807) is 6.07 Å². The van der Waals surface area contributed by atoms with Gasteiger partial charge in [-0.3, -0.25) is 14.5 Å². The minimum Gasteiger partial charge on any atom is -0.376 e. The van der Waals surface area contributed by atoms with E-state index in [1.807, 2.05) is 53.9 Å². The van der Waals surface area contributed by atoms with Gasteiger partial charge in [-0.1, -0.05) is 60.7 Å². The van der Waals surface area contributed by atoms with E-state index in [4.69, 9.17) is 4.74 Å². The highest BCUT2D eigenvalue weighted by Crippen LogP contribution is 2.13. The third-order valence-corrected chi connectivity index (χ3v) is 6.71. The zero-order valence-electron chi connectivity index (χ0n) is 19.4. The van der Waals surface area contributed by atoms with Crippen LogP contribution in [0.1, 0.15) is 33.3 Å². The Hall–Kier alpha value is -3.00. The largest absolute Gasteiger partial charge is 0.376 e. The molecule has 3 aromatic rings. The molecule has 0 spiro atoms. The molecule has 34 heavy (non-hydrogen) atoms. The first-order valence-electron chi connectivity index (χ1n) is 11.6. The van der Waals surface area contributed by atoms with Crippen molar-refractivity contribution in [2.45, 2.75) is 38.6 Å². The van der Waals surface area contributed by atoms with Crippen molar-refractivity contribution < 1.29 is 14.3 Å². The van der Waals surface area contributed by atoms with Crippen molar-refractivity contribution in [3.05, 3.63) is 93.7 Å². The van der Waals surface area contributed by atoms with E-state index >= 15 is 0 Å². The molecule has 1 fully saturated rings. The quantitative estimate of drug-likeness (QED) is 0.494. The Bertz CT molecular complexity index is 1070. The summed E-state index contributed by atoms with van der Waals surface area (Å²) in [4.78, 5) is 28.8. The molecule has 6 nitrogen and oxygen atoms in total. The molecule has 2 unspecified atom stereocenters. The Morgan fingerprint density at radius 1 is 1.06 bits per heavy atom. The molecule has 2 amide bonds. The smallest absolute Gasteiger partial charge is 0.262 e. The van der Waals surface area contributed by atoms with Crippen LogP contribution in [0.25, 0.3) is 0 Å². The van der Waals surface area contributed by atoms with Crippen molar-refractivity contribution in [1.29, 1.82) is 0 Å². The van der Waals surface area contributed by atoms with Gasteiger partial charge in [-0.15, -0.1) is 11.3 Å². The SMILES string of the molecule is CC1CN(Cc2cccc(CNC(=O)C(Cc3ccccc3)NC(=O)c3cccs3)c2)CCO1. The lowest BCUT2D eigenvalue weighted by Gasteiger charge is -2.31. The number of carbonyl (C=O) groups is 2. The van der Waals surface area contributed by atoms with Crippen LogP contribution >= 0.6 is 11.3 Å². The average Bonchev–Trinajstić information content (AvgIpc) is 3.38. The fraction of sp³-hybridized carbons (Fsp3) is 0.333. The van der Waals surface area contributed by atoms with Crippen LogP contribution in [0.3, 0.4) is 0 Å². The molecule has 1 saturated heterocycles. The Morgan fingerprint density at radius 3 is 2.62 bits per heavy atom. The first-order chi connectivity index (χ1) is 16.6. The maximum Gasteiger partial charge on any atom is 0.262 e. The normalized spacial score (nSPS) is 17.1. The van der Waals surface area contributed by atoms with Gasteiger partial charge in [0, 0.05) is 32.6 Å². The standard InChI is InChI=1S/C27H31N3O3S/c1-20-18-30(12-13-33-20)19-23-10-5-9-22(15-23)17-28-26(31)24(16-21-7-3-2-4-8-21)29-27(32)25-11-6-14-34-25/h2-11,14-15,20,24H,12-13,16-19H2,1H3,(H,28,31)(H,29,32). The summed E-state index contributed by atoms with van der Waals surface area (Å²) in [6, 6.07) is 21.0. The molecule has 2 aromatic carbocycles. The maximum atomic E-state index is 13.1. The van der Waals surface area contributed by atoms with Gasteiger partial charge in [0.1, 0.15) is 6.04 Å². The molecule has 2 heterocycles. The van der Waals surface area contributed by atoms with Crippen molar-refractivity contribution in [3.63, 3.8) is 0 Å². The van der Waals surface area contributed by atoms with Gasteiger partial charge in [0.25, 0.3) is 5.91 Å². The number of carbonyl (C=O) groups excluding carboxylic acids is 2. The summed E-state index contributed by atoms with van der Waals surface area (Å²) in [5, 5.41) is 7.79. The predicted molar refractivity (Wildman–Crippen MR) is 135 cm³/mol. The van der Waals surface area contributed by atoms with E-state index in [-0.39, 0.29) is 17.9 Å². The van der Waals surface area contributed by atoms with Gasteiger partial charge in [-0.25, -0.2) is 0 Å². The van der Waals surface area contributed by atoms with Crippen molar-refractivity contribution in [2.75, 3.05) is 19.7 Å². The zero-order valence-corrected chi connectivity index (χ0v) is 20.2. The minimum atomic E-state index is -0.657. The van der Waals surface area contributed by atoms with E-state index in [2.05, 4.69) is 34.6 Å². The molecule has 178 valence electrons. The van der Waals surface area contributed by atoms with Gasteiger partial charge >= 0.3 is 0 Å². The number of nitrogens with one attached hydrogen (secondary N) is 2. The monoisotopic (exact) mass is 477 g/mol. The van der Waals surface area contributed by atoms with Crippen LogP contribution in [-0.4, -0.2) is 48.6 Å². The van der Waals surface area contributed by atoms with Gasteiger partial charge in [-0.05, 0) is 35.1 Å². The molecular weight excluding hydrogens is 446 g/mol. The lowest BCUT2D eigenvalue weighted by Crippen LogP contribution is -2.47. The highest BCUT2D eigenvalue weighted by atomic mass is 32.1. The number of thiophene rings is 1. The van der Waals surface area contributed by atoms with Crippen LogP contribution in [0.15, 0.2) is 72.1 Å². The molecule has 1 aliphatic rings. The lowest BCUT2D eigenvalue weighted by molar-refractivity contribution is -0.123. The number of morpholine rings is 1. The van der Waals surface area contributed by atoms with Crippen LogP contribution < -0.4 is 10.6 Å². The summed E-state index contributed by atoms with van der Waals surface area (Å²) in [5.74, 6) is -0.422. The second kappa shape index (κ2) is 11.9. The molecular formula is C27H31N3O3S. The highest BCUT2D eigenvalue weighted by Gasteiger charge is 2.22. The second-order valence-electron chi connectivity index (χ2n) is 8.65. The van der Waals surface area contributed by atoms with Crippen LogP contribution in [-0.2, 0) is 29.0 Å². The zero-order chi connectivity index (χ0) is 23.8. The van der Waals surface area contributed by atoms with Gasteiger partial charge < -0.3 is 15.4 Å². The molecule has 0 saturated carbocycles. The van der Waals surface area contributed by atoms with E-state index in [9.17, 15) is 9.59 Å². The summed E-state index contributed by atoms with van der Waals surface area (Å²) < 4.78 is 5.63. The summed E-state index contributed by atoms with van der Waals surface area (Å²) in [6.07, 6.45) is 0.682. The summed E-state index contributed by atoms with van der Waals surface area (Å²) in [7, 11) is 0. The van der Waals surface area contributed by atoms with Gasteiger partial charge in [0.2, 0.25) is 5.91 Å². The Morgan fingerprint density at radius 2 is 1.85 bits per heavy atom. The minimum absolute atomic E-state index is 0.193. The number of amides is 2. The van der Waals surface area contributed by atoms with Gasteiger partial charge in [0.05, 0.1) is 17.6 Å². The number of benzene rings is 2. The fourth-order valence-electron chi connectivity index (χ4n) is 4.14. The molecule has 7 heteroatoms. The van der Waals surface area contributed by atoms with Crippen molar-refractivity contribution in [1.82, 2.24) is 15.5 Å². The molecule has 0 bridgehead atoms. The van der Waals surface area contributed by atoms with E-state index in [1.165, 1.54) is 16.9 Å². The number of hydrogen-bond acceptors (Lipinski definition) is 5. The lowest BCUT2D eigenvalue weighted by atomic mass is 10.0. The Balaban J connectivity index is 1.38. The highest BCUT2D eigenvalue weighted by molar-refractivity contribution is 7.12. The van der Waals surface area contributed by atoms with Crippen molar-refractivity contribution >= 4 is 23.2 Å². The van der Waals surface area contributed by atoms with Crippen LogP contribution in [0.5, 0.6) is 0 Å². The third kappa shape index (κ3) is 7.00. The second-order valence-corrected chi connectivity index (χ2v) is 9.60. The van der Waals surface area contributed by atoms with Crippen molar-refractivity contribution in [3.8, 4) is 0 Å². The van der Waals surface area contributed by atoms with E-state index < -0.39 is 6.04 Å². The van der Waals surface area contributed by atoms with Gasteiger partial charge in [0.15, 0.2) is 0 Å². The predicted octanol–water partition coefficient (Wildman–Crippen LogP) is 3.63. The van der Waals surface area contributed by atoms with Crippen LogP contribution in [0.2, 0.25) is 0 Å². The number of ether oxygens (including phenoxy) is 1. The number of rotatable bonds is 9. The molecule has 4 rings (SSSR count). The number of hydrogen-bond donors (Lipinski definition) is 2. The van der Waals surface area contributed by atoms with Crippen LogP contribution in [0, 0.1) is 0 Å². The van der Waals surface area contributed by atoms with E-state index in [0.29, 0.717) is 17.8 Å². The van der Waals surface area contributed by atoms with E-state index in [0.717, 1.165) is 37.4 Å². The summed E-state index contributed by atoms with van der Waals surface area (Å²) in [5.41, 5.74) is 3.25. The third-order valence-electron chi connectivity index (χ3n) is 5.84. The molecule has 1 aliphatic heterocycles. The maximum absolute atomic E-state index is 13.1. The topological polar surface area (TPSA) is 70.7 Å². The molecule has 0 aliphatic carbocycles. The summed E-state index contributed by atoms with van der Waals surface area (Å²) >= 11 is 1.36. The first-order valence-corrected chi connectivity index (χ1v) is 12.5. The average molecular weight is 478 g/mol.